The number of hydrogen-bond donors (Lipinski definition) is 1. The number of halogens is 1. The molecule has 2 aromatic rings. The van der Waals surface area contributed by atoms with E-state index < -0.39 is 17.7 Å². The number of morpholine rings is 1. The van der Waals surface area contributed by atoms with Crippen LogP contribution in [0.15, 0.2) is 48.0 Å². The van der Waals surface area contributed by atoms with Crippen molar-refractivity contribution in [2.75, 3.05) is 53.6 Å². The van der Waals surface area contributed by atoms with Gasteiger partial charge in [0.15, 0.2) is 0 Å². The van der Waals surface area contributed by atoms with Crippen LogP contribution in [0.4, 0.5) is 0 Å². The van der Waals surface area contributed by atoms with Gasteiger partial charge in [-0.3, -0.25) is 14.5 Å². The standard InChI is InChI=1S/C26H29ClN2O6/c1-33-19-7-4-17(5-8-19)23-22(24(30)18-6-9-21(34-2)20(27)16-18)25(31)26(32)29(23)11-3-10-28-12-14-35-15-13-28/h4-9,16,23,30H,3,10-15H2,1-2H3/b24-22-. The molecule has 2 saturated heterocycles. The van der Waals surface area contributed by atoms with Crippen molar-refractivity contribution in [2.24, 2.45) is 0 Å². The van der Waals surface area contributed by atoms with Crippen molar-refractivity contribution in [3.63, 3.8) is 0 Å². The van der Waals surface area contributed by atoms with Crippen LogP contribution >= 0.6 is 11.6 Å². The maximum Gasteiger partial charge on any atom is 0.295 e. The molecule has 0 aliphatic carbocycles. The average Bonchev–Trinajstić information content (AvgIpc) is 3.14. The molecule has 186 valence electrons. The Labute approximate surface area is 209 Å². The fourth-order valence-electron chi connectivity index (χ4n) is 4.50. The van der Waals surface area contributed by atoms with Gasteiger partial charge in [-0.15, -0.1) is 0 Å². The van der Waals surface area contributed by atoms with Crippen molar-refractivity contribution < 1.29 is 28.9 Å². The molecule has 2 fully saturated rings. The molecule has 4 rings (SSSR count). The number of rotatable bonds is 8. The quantitative estimate of drug-likeness (QED) is 0.337. The molecule has 1 atom stereocenters. The minimum absolute atomic E-state index is 0.0350. The van der Waals surface area contributed by atoms with E-state index in [1.807, 2.05) is 0 Å². The summed E-state index contributed by atoms with van der Waals surface area (Å²) in [7, 11) is 3.06. The predicted octanol–water partition coefficient (Wildman–Crippen LogP) is 3.50. The van der Waals surface area contributed by atoms with E-state index in [-0.39, 0.29) is 16.4 Å². The Morgan fingerprint density at radius 2 is 1.77 bits per heavy atom. The van der Waals surface area contributed by atoms with Crippen molar-refractivity contribution in [1.82, 2.24) is 9.80 Å². The minimum atomic E-state index is -0.730. The van der Waals surface area contributed by atoms with E-state index in [0.29, 0.717) is 48.8 Å². The number of ether oxygens (including phenoxy) is 3. The topological polar surface area (TPSA) is 88.5 Å². The van der Waals surface area contributed by atoms with E-state index in [2.05, 4.69) is 4.90 Å². The number of Topliss-reactive ketones (excluding diaryl/α,β-unsaturated/α-hetero) is 1. The summed E-state index contributed by atoms with van der Waals surface area (Å²) in [4.78, 5) is 30.1. The zero-order valence-corrected chi connectivity index (χ0v) is 20.6. The molecular weight excluding hydrogens is 472 g/mol. The number of nitrogens with zero attached hydrogens (tertiary/aromatic N) is 2. The zero-order valence-electron chi connectivity index (χ0n) is 19.8. The van der Waals surface area contributed by atoms with Gasteiger partial charge in [0.05, 0.1) is 44.1 Å². The lowest BCUT2D eigenvalue weighted by Crippen LogP contribution is -2.38. The lowest BCUT2D eigenvalue weighted by Gasteiger charge is -2.29. The summed E-state index contributed by atoms with van der Waals surface area (Å²) in [5.41, 5.74) is 1.07. The fourth-order valence-corrected chi connectivity index (χ4v) is 4.76. The van der Waals surface area contributed by atoms with E-state index >= 15 is 0 Å². The van der Waals surface area contributed by atoms with Crippen LogP contribution in [0.1, 0.15) is 23.6 Å². The number of hydrogen-bond acceptors (Lipinski definition) is 7. The Balaban J connectivity index is 1.69. The third-order valence-corrected chi connectivity index (χ3v) is 6.67. The molecule has 0 radical (unpaired) electrons. The number of benzene rings is 2. The molecule has 2 aromatic carbocycles. The summed E-state index contributed by atoms with van der Waals surface area (Å²) in [6.07, 6.45) is 0.689. The van der Waals surface area contributed by atoms with Crippen LogP contribution in [0.25, 0.3) is 5.76 Å². The molecule has 8 nitrogen and oxygen atoms in total. The molecule has 0 bridgehead atoms. The molecule has 2 heterocycles. The molecule has 2 aliphatic heterocycles. The van der Waals surface area contributed by atoms with Gasteiger partial charge >= 0.3 is 0 Å². The summed E-state index contributed by atoms with van der Waals surface area (Å²) >= 11 is 6.25. The van der Waals surface area contributed by atoms with Crippen LogP contribution < -0.4 is 9.47 Å². The van der Waals surface area contributed by atoms with Gasteiger partial charge in [0.1, 0.15) is 17.3 Å². The van der Waals surface area contributed by atoms with Crippen LogP contribution in [-0.2, 0) is 14.3 Å². The van der Waals surface area contributed by atoms with Crippen molar-refractivity contribution in [1.29, 1.82) is 0 Å². The molecule has 1 amide bonds. The number of aliphatic hydroxyl groups is 1. The maximum absolute atomic E-state index is 13.2. The van der Waals surface area contributed by atoms with Crippen molar-refractivity contribution in [3.8, 4) is 11.5 Å². The van der Waals surface area contributed by atoms with Gasteiger partial charge in [-0.1, -0.05) is 23.7 Å². The second kappa shape index (κ2) is 11.1. The summed E-state index contributed by atoms with van der Waals surface area (Å²) in [5.74, 6) is -0.529. The Hall–Kier alpha value is -3.07. The normalized spacial score (nSPS) is 20.3. The molecule has 1 N–H and O–H groups in total. The first kappa shape index (κ1) is 25.0. The largest absolute Gasteiger partial charge is 0.507 e. The molecule has 0 spiro atoms. The number of ketones is 1. The van der Waals surface area contributed by atoms with E-state index in [1.54, 1.807) is 48.4 Å². The van der Waals surface area contributed by atoms with Gasteiger partial charge in [0.2, 0.25) is 0 Å². The van der Waals surface area contributed by atoms with Crippen molar-refractivity contribution in [3.05, 3.63) is 64.2 Å². The highest BCUT2D eigenvalue weighted by Crippen LogP contribution is 2.40. The first-order valence-corrected chi connectivity index (χ1v) is 11.9. The number of likely N-dealkylation sites (tertiary alicyclic amines) is 1. The predicted molar refractivity (Wildman–Crippen MR) is 132 cm³/mol. The minimum Gasteiger partial charge on any atom is -0.507 e. The summed E-state index contributed by atoms with van der Waals surface area (Å²) in [6.45, 7) is 4.24. The maximum atomic E-state index is 13.2. The van der Waals surface area contributed by atoms with E-state index in [9.17, 15) is 14.7 Å². The number of carbonyl (C=O) groups is 2. The summed E-state index contributed by atoms with van der Waals surface area (Å²) < 4.78 is 15.8. The molecule has 9 heteroatoms. The van der Waals surface area contributed by atoms with Crippen LogP contribution in [-0.4, -0.2) is 80.2 Å². The lowest BCUT2D eigenvalue weighted by molar-refractivity contribution is -0.140. The SMILES string of the molecule is COc1ccc(C2/C(=C(/O)c3ccc(OC)c(Cl)c3)C(=O)C(=O)N2CCCN2CCOCC2)cc1. The Kier molecular flexibility index (Phi) is 7.95. The summed E-state index contributed by atoms with van der Waals surface area (Å²) in [6, 6.07) is 11.2. The highest BCUT2D eigenvalue weighted by atomic mass is 35.5. The van der Waals surface area contributed by atoms with Gasteiger partial charge < -0.3 is 24.2 Å². The highest BCUT2D eigenvalue weighted by molar-refractivity contribution is 6.46. The number of methoxy groups -OCH3 is 2. The first-order valence-electron chi connectivity index (χ1n) is 11.5. The van der Waals surface area contributed by atoms with Crippen molar-refractivity contribution in [2.45, 2.75) is 12.5 Å². The van der Waals surface area contributed by atoms with Crippen LogP contribution in [0.2, 0.25) is 5.02 Å². The van der Waals surface area contributed by atoms with E-state index in [1.165, 1.54) is 13.2 Å². The van der Waals surface area contributed by atoms with Gasteiger partial charge in [0.25, 0.3) is 11.7 Å². The van der Waals surface area contributed by atoms with E-state index in [4.69, 9.17) is 25.8 Å². The summed E-state index contributed by atoms with van der Waals surface area (Å²) in [5, 5.41) is 11.5. The van der Waals surface area contributed by atoms with E-state index in [0.717, 1.165) is 19.6 Å². The molecular formula is C26H29ClN2O6. The molecule has 0 saturated carbocycles. The molecule has 0 aromatic heterocycles. The Morgan fingerprint density at radius 3 is 2.40 bits per heavy atom. The average molecular weight is 501 g/mol. The van der Waals surface area contributed by atoms with Gasteiger partial charge in [-0.2, -0.15) is 0 Å². The number of amides is 1. The second-order valence-corrected chi connectivity index (χ2v) is 8.83. The fraction of sp³-hybridized carbons (Fsp3) is 0.385. The molecule has 1 unspecified atom stereocenters. The molecule has 2 aliphatic rings. The Bertz CT molecular complexity index is 1110. The van der Waals surface area contributed by atoms with Crippen LogP contribution in [0.5, 0.6) is 11.5 Å². The van der Waals surface area contributed by atoms with Crippen LogP contribution in [0, 0.1) is 0 Å². The molecule has 35 heavy (non-hydrogen) atoms. The smallest absolute Gasteiger partial charge is 0.295 e. The second-order valence-electron chi connectivity index (χ2n) is 8.42. The van der Waals surface area contributed by atoms with Crippen LogP contribution in [0.3, 0.4) is 0 Å². The first-order chi connectivity index (χ1) is 16.9. The lowest BCUT2D eigenvalue weighted by atomic mass is 9.95. The third kappa shape index (κ3) is 5.29. The van der Waals surface area contributed by atoms with Gasteiger partial charge in [-0.05, 0) is 42.3 Å². The highest BCUT2D eigenvalue weighted by Gasteiger charge is 2.45. The zero-order chi connectivity index (χ0) is 24.9. The monoisotopic (exact) mass is 500 g/mol. The van der Waals surface area contributed by atoms with Gasteiger partial charge in [0, 0.05) is 31.7 Å². The number of aliphatic hydroxyl groups excluding tert-OH is 1. The Morgan fingerprint density at radius 1 is 1.06 bits per heavy atom. The van der Waals surface area contributed by atoms with Crippen molar-refractivity contribution >= 4 is 29.1 Å². The van der Waals surface area contributed by atoms with Gasteiger partial charge in [-0.25, -0.2) is 0 Å². The third-order valence-electron chi connectivity index (χ3n) is 6.37. The number of carbonyl (C=O) groups excluding carboxylic acids is 2.